The third-order valence-electron chi connectivity index (χ3n) is 8.97. The number of aromatic amines is 1. The largest absolute Gasteiger partial charge is 0.427 e. The molecule has 1 fully saturated rings. The number of H-pyrrole nitrogens is 1. The van der Waals surface area contributed by atoms with E-state index in [1.54, 1.807) is 28.8 Å². The second kappa shape index (κ2) is 19.8. The van der Waals surface area contributed by atoms with Crippen LogP contribution >= 0.6 is 18.2 Å². The maximum absolute atomic E-state index is 14.6. The number of hydrogen-bond donors (Lipinski definition) is 4. The van der Waals surface area contributed by atoms with Crippen LogP contribution in [0.5, 0.6) is 11.5 Å². The molecule has 320 valence electrons. The highest BCUT2D eigenvalue weighted by molar-refractivity contribution is 8.54. The quantitative estimate of drug-likeness (QED) is 0.0527. The lowest BCUT2D eigenvalue weighted by Gasteiger charge is -2.30. The maximum atomic E-state index is 14.6. The number of esters is 2. The molecule has 0 spiro atoms. The summed E-state index contributed by atoms with van der Waals surface area (Å²) in [6, 6.07) is 13.3. The topological polar surface area (TPSA) is 281 Å². The first-order valence-corrected chi connectivity index (χ1v) is 21.4. The van der Waals surface area contributed by atoms with E-state index in [4.69, 9.17) is 38.5 Å². The van der Waals surface area contributed by atoms with Crippen molar-refractivity contribution >= 4 is 47.1 Å². The molecule has 6 rings (SSSR count). The zero-order valence-electron chi connectivity index (χ0n) is 32.4. The number of anilines is 1. The summed E-state index contributed by atoms with van der Waals surface area (Å²) < 4.78 is 57.1. The third-order valence-corrected chi connectivity index (χ3v) is 12.7. The summed E-state index contributed by atoms with van der Waals surface area (Å²) >= 11 is 0.799. The minimum absolute atomic E-state index is 0.0540. The molecule has 0 aliphatic carbocycles. The number of aliphatic hydroxyl groups is 2. The van der Waals surface area contributed by atoms with Crippen LogP contribution < -0.4 is 26.5 Å². The van der Waals surface area contributed by atoms with E-state index >= 15 is 0 Å². The molecule has 0 bridgehead atoms. The highest BCUT2D eigenvalue weighted by atomic mass is 32.7. The zero-order chi connectivity index (χ0) is 43.0. The molecule has 1 aliphatic heterocycles. The van der Waals surface area contributed by atoms with Gasteiger partial charge in [0.15, 0.2) is 17.7 Å². The van der Waals surface area contributed by atoms with E-state index in [0.29, 0.717) is 16.7 Å². The predicted octanol–water partition coefficient (Wildman–Crippen LogP) is 2.74. The highest BCUT2D eigenvalue weighted by Crippen LogP contribution is 2.63. The molecule has 5 N–H and O–H groups in total. The van der Waals surface area contributed by atoms with Crippen molar-refractivity contribution in [2.45, 2.75) is 62.9 Å². The van der Waals surface area contributed by atoms with Crippen molar-refractivity contribution in [3.05, 3.63) is 105 Å². The van der Waals surface area contributed by atoms with Gasteiger partial charge in [-0.3, -0.25) is 32.8 Å². The number of ether oxygens (including phenoxy) is 5. The van der Waals surface area contributed by atoms with Gasteiger partial charge in [0, 0.05) is 38.5 Å². The van der Waals surface area contributed by atoms with Crippen molar-refractivity contribution in [3.8, 4) is 11.5 Å². The maximum Gasteiger partial charge on any atom is 0.389 e. The molecule has 0 amide bonds. The number of benzene rings is 2. The summed E-state index contributed by atoms with van der Waals surface area (Å²) in [6.45, 7) is -2.70. The Kier molecular flexibility index (Phi) is 14.6. The number of nitrogens with two attached hydrogens (primary N) is 1. The number of nitrogen functional groups attached to an aromatic ring is 1. The third kappa shape index (κ3) is 11.1. The average molecular weight is 872 g/mol. The van der Waals surface area contributed by atoms with Gasteiger partial charge in [0.05, 0.1) is 43.9 Å². The minimum atomic E-state index is -4.23. The van der Waals surface area contributed by atoms with E-state index in [-0.39, 0.29) is 48.3 Å². The molecule has 5 aromatic rings. The van der Waals surface area contributed by atoms with Gasteiger partial charge in [-0.2, -0.15) is 0 Å². The first-order chi connectivity index (χ1) is 28.7. The van der Waals surface area contributed by atoms with Gasteiger partial charge >= 0.3 is 24.4 Å². The number of carbonyl (C=O) groups excluding carboxylic acids is 2. The van der Waals surface area contributed by atoms with Gasteiger partial charge in [0.2, 0.25) is 0 Å². The lowest BCUT2D eigenvalue weighted by molar-refractivity contribution is -0.135. The van der Waals surface area contributed by atoms with Crippen LogP contribution in [-0.4, -0.2) is 103 Å². The molecule has 21 nitrogen and oxygen atoms in total. The van der Waals surface area contributed by atoms with Crippen molar-refractivity contribution in [2.75, 3.05) is 32.7 Å². The Morgan fingerprint density at radius 3 is 2.47 bits per heavy atom. The number of aliphatic hydroxyl groups excluding tert-OH is 2. The van der Waals surface area contributed by atoms with Crippen molar-refractivity contribution in [2.24, 2.45) is 0 Å². The van der Waals surface area contributed by atoms with Gasteiger partial charge < -0.3 is 39.6 Å². The number of imidazole rings is 1. The summed E-state index contributed by atoms with van der Waals surface area (Å²) in [5.74, 6) is -0.423. The molecule has 60 heavy (non-hydrogen) atoms. The molecular formula is C37H42N7O14PS. The molecule has 4 heterocycles. The van der Waals surface area contributed by atoms with Gasteiger partial charge in [0.25, 0.3) is 5.56 Å². The van der Waals surface area contributed by atoms with E-state index in [9.17, 15) is 34.0 Å². The van der Waals surface area contributed by atoms with Crippen LogP contribution in [0, 0.1) is 0 Å². The van der Waals surface area contributed by atoms with Gasteiger partial charge in [-0.1, -0.05) is 12.1 Å². The van der Waals surface area contributed by atoms with Crippen molar-refractivity contribution < 1.29 is 57.1 Å². The first-order valence-electron chi connectivity index (χ1n) is 18.3. The van der Waals surface area contributed by atoms with Gasteiger partial charge in [0.1, 0.15) is 41.8 Å². The Bertz CT molecular complexity index is 2430. The number of rotatable bonds is 19. The molecule has 3 aromatic heterocycles. The molecule has 7 atom stereocenters. The lowest BCUT2D eigenvalue weighted by Crippen LogP contribution is -2.40. The Morgan fingerprint density at radius 2 is 1.78 bits per heavy atom. The Hall–Kier alpha value is -5.29. The fourth-order valence-corrected chi connectivity index (χ4v) is 9.42. The summed E-state index contributed by atoms with van der Waals surface area (Å²) in [7, 11) is 1.37. The Labute approximate surface area is 345 Å². The smallest absolute Gasteiger partial charge is 0.389 e. The fourth-order valence-electron chi connectivity index (χ4n) is 5.94. The Morgan fingerprint density at radius 1 is 1.07 bits per heavy atom. The predicted molar refractivity (Wildman–Crippen MR) is 213 cm³/mol. The van der Waals surface area contributed by atoms with Crippen LogP contribution in [0.2, 0.25) is 0 Å². The van der Waals surface area contributed by atoms with Crippen LogP contribution in [0.4, 0.5) is 5.82 Å². The van der Waals surface area contributed by atoms with Crippen molar-refractivity contribution in [3.63, 3.8) is 0 Å². The first kappa shape index (κ1) is 44.3. The number of fused-ring (bicyclic) bond motifs is 1. The van der Waals surface area contributed by atoms with Crippen molar-refractivity contribution in [1.82, 2.24) is 29.1 Å². The van der Waals surface area contributed by atoms with Gasteiger partial charge in [-0.05, 0) is 60.3 Å². The molecule has 1 saturated heterocycles. The number of aromatic nitrogens is 6. The normalized spacial score (nSPS) is 19.1. The molecule has 2 aromatic carbocycles. The minimum Gasteiger partial charge on any atom is -0.427 e. The SMILES string of the molecule is COC[C@@H](O[C@H](CO)[C@@H](C)OP(=O)(OC[C@H]1O[C@@H](n2cnc3c(N)ncnc32)C[C@H]1O)SCc1ccc(OC(=O)c2ccc(OC(C)=O)cc2)cc1)n1ccc(=O)[nH]c1=O. The number of methoxy groups -OCH3 is 1. The number of nitrogens with zero attached hydrogens (tertiary/aromatic N) is 5. The Balaban J connectivity index is 1.15. The fraction of sp³-hybridized carbons (Fsp3) is 0.378. The van der Waals surface area contributed by atoms with E-state index < -0.39 is 73.5 Å². The molecular weight excluding hydrogens is 829 g/mol. The standard InChI is InChI=1S/C37H42N7O14PS/c1-21(28(15-45)56-32(17-52-3)43-13-12-30(48)42-37(43)50)58-59(51,53-16-29-27(47)14-31(57-29)44-20-41-33-34(38)39-19-40-35(33)44)60-18-23-4-8-26(9-5-23)55-36(49)24-6-10-25(11-7-24)54-22(2)46/h4-13,19-21,27-29,31-32,45,47H,14-18H2,1-3H3,(H2,38,39,40)(H,42,48,50)/t21-,27-,28-,29-,31-,32-,59?/m1/s1. The summed E-state index contributed by atoms with van der Waals surface area (Å²) in [5.41, 5.74) is 6.11. The van der Waals surface area contributed by atoms with E-state index in [1.165, 1.54) is 64.1 Å². The molecule has 0 radical (unpaired) electrons. The van der Waals surface area contributed by atoms with Crippen LogP contribution in [0.1, 0.15) is 48.6 Å². The second-order valence-electron chi connectivity index (χ2n) is 13.3. The van der Waals surface area contributed by atoms with E-state index in [2.05, 4.69) is 19.9 Å². The second-order valence-corrected chi connectivity index (χ2v) is 17.3. The zero-order valence-corrected chi connectivity index (χ0v) is 34.1. The van der Waals surface area contributed by atoms with Gasteiger partial charge in [-0.25, -0.2) is 29.1 Å². The number of nitrogens with one attached hydrogen (secondary N) is 1. The van der Waals surface area contributed by atoms with Crippen LogP contribution in [0.25, 0.3) is 11.2 Å². The average Bonchev–Trinajstić information content (AvgIpc) is 3.82. The molecule has 23 heteroatoms. The van der Waals surface area contributed by atoms with Crippen LogP contribution in [0.15, 0.2) is 83.0 Å². The van der Waals surface area contributed by atoms with Gasteiger partial charge in [-0.15, -0.1) is 0 Å². The van der Waals surface area contributed by atoms with E-state index in [1.807, 2.05) is 0 Å². The monoisotopic (exact) mass is 871 g/mol. The van der Waals surface area contributed by atoms with Crippen molar-refractivity contribution in [1.29, 1.82) is 0 Å². The molecule has 0 saturated carbocycles. The summed E-state index contributed by atoms with van der Waals surface area (Å²) in [4.78, 5) is 62.7. The lowest BCUT2D eigenvalue weighted by atomic mass is 10.2. The van der Waals surface area contributed by atoms with E-state index in [0.717, 1.165) is 22.0 Å². The number of carbonyl (C=O) groups is 2. The molecule has 1 aliphatic rings. The number of hydrogen-bond acceptors (Lipinski definition) is 19. The summed E-state index contributed by atoms with van der Waals surface area (Å²) in [5, 5.41) is 21.4. The van der Waals surface area contributed by atoms with Crippen LogP contribution in [-0.2, 0) is 38.4 Å². The highest BCUT2D eigenvalue weighted by Gasteiger charge is 2.40. The summed E-state index contributed by atoms with van der Waals surface area (Å²) in [6.07, 6.45) is -2.18. The molecule has 1 unspecified atom stereocenters. The van der Waals surface area contributed by atoms with Crippen LogP contribution in [0.3, 0.4) is 0 Å².